The Kier molecular flexibility index (Phi) is 10.4. The second-order valence-electron chi connectivity index (χ2n) is 15.3. The van der Waals surface area contributed by atoms with Crippen LogP contribution in [0.3, 0.4) is 0 Å². The van der Waals surface area contributed by atoms with Gasteiger partial charge in [0.05, 0.1) is 18.0 Å². The zero-order valence-electron chi connectivity index (χ0n) is 32.8. The van der Waals surface area contributed by atoms with Gasteiger partial charge in [0.2, 0.25) is 0 Å². The topological polar surface area (TPSA) is 6.48 Å². The lowest BCUT2D eigenvalue weighted by Crippen LogP contribution is -2.31. The molecule has 1 aliphatic rings. The van der Waals surface area contributed by atoms with E-state index in [2.05, 4.69) is 211 Å². The molecule has 1 aliphatic heterocycles. The van der Waals surface area contributed by atoms with Gasteiger partial charge in [-0.25, -0.2) is 0 Å². The number of nitrogens with zero attached hydrogens (tertiary/aromatic N) is 2. The normalized spacial score (nSPS) is 15.4. The molecule has 0 saturated carbocycles. The molecule has 0 bridgehead atoms. The van der Waals surface area contributed by atoms with Crippen molar-refractivity contribution in [3.8, 4) is 0 Å². The molecular formula is C51H54N2. The van der Waals surface area contributed by atoms with Crippen molar-refractivity contribution in [3.63, 3.8) is 0 Å². The van der Waals surface area contributed by atoms with Crippen LogP contribution >= 0.6 is 0 Å². The predicted octanol–water partition coefficient (Wildman–Crippen LogP) is 13.4. The van der Waals surface area contributed by atoms with E-state index in [0.29, 0.717) is 0 Å². The van der Waals surface area contributed by atoms with Crippen molar-refractivity contribution in [2.24, 2.45) is 0 Å². The van der Waals surface area contributed by atoms with Crippen LogP contribution in [-0.4, -0.2) is 6.67 Å². The third-order valence-corrected chi connectivity index (χ3v) is 11.8. The highest BCUT2D eigenvalue weighted by molar-refractivity contribution is 5.76. The lowest BCUT2D eigenvalue weighted by atomic mass is 9.83. The first-order valence-corrected chi connectivity index (χ1v) is 19.3. The van der Waals surface area contributed by atoms with Crippen LogP contribution < -0.4 is 9.80 Å². The van der Waals surface area contributed by atoms with E-state index in [9.17, 15) is 0 Å². The maximum Gasteiger partial charge on any atom is 0.0995 e. The van der Waals surface area contributed by atoms with Gasteiger partial charge in [0, 0.05) is 35.1 Å². The standard InChI is InChI=1S/C51H54N2/c1-34-29-46(36(3)42-21-13-9-14-22-42)50(47(30-34)37(4)43-23-15-10-16-24-43)52-33-53(41(8)40(52)7)51-48(38(5)44-25-17-11-18-26-44)31-35(2)32-49(51)39(6)45-27-19-12-20-28-45/h9-32,36-39H,33H2,1-8H3/t36-,37-,38-,39-/m1/s1. The lowest BCUT2D eigenvalue weighted by Gasteiger charge is -2.34. The summed E-state index contributed by atoms with van der Waals surface area (Å²) in [5, 5.41) is 0. The third kappa shape index (κ3) is 7.08. The van der Waals surface area contributed by atoms with E-state index >= 15 is 0 Å². The highest BCUT2D eigenvalue weighted by Gasteiger charge is 2.35. The van der Waals surface area contributed by atoms with Crippen molar-refractivity contribution in [1.29, 1.82) is 0 Å². The fourth-order valence-electron chi connectivity index (χ4n) is 8.52. The minimum absolute atomic E-state index is 0.219. The summed E-state index contributed by atoms with van der Waals surface area (Å²) in [6.07, 6.45) is 0. The smallest absolute Gasteiger partial charge is 0.0995 e. The van der Waals surface area contributed by atoms with E-state index in [0.717, 1.165) is 6.67 Å². The first-order chi connectivity index (χ1) is 25.6. The van der Waals surface area contributed by atoms with Crippen LogP contribution in [0.25, 0.3) is 0 Å². The minimum Gasteiger partial charge on any atom is -0.325 e. The number of aryl methyl sites for hydroxylation is 2. The Labute approximate surface area is 318 Å². The number of benzene rings is 6. The fourth-order valence-corrected chi connectivity index (χ4v) is 8.52. The molecule has 0 saturated heterocycles. The molecule has 1 heterocycles. The first kappa shape index (κ1) is 36.0. The summed E-state index contributed by atoms with van der Waals surface area (Å²) in [5.41, 5.74) is 18.7. The predicted molar refractivity (Wildman–Crippen MR) is 226 cm³/mol. The van der Waals surface area contributed by atoms with Gasteiger partial charge >= 0.3 is 0 Å². The highest BCUT2D eigenvalue weighted by Crippen LogP contribution is 2.48. The fraction of sp³-hybridized carbons (Fsp3) is 0.255. The molecule has 0 aliphatic carbocycles. The van der Waals surface area contributed by atoms with Gasteiger partial charge in [0.25, 0.3) is 0 Å². The highest BCUT2D eigenvalue weighted by atomic mass is 15.4. The lowest BCUT2D eigenvalue weighted by molar-refractivity contribution is 0.828. The van der Waals surface area contributed by atoms with E-state index in [4.69, 9.17) is 0 Å². The average Bonchev–Trinajstić information content (AvgIpc) is 3.49. The molecule has 0 radical (unpaired) electrons. The zero-order valence-corrected chi connectivity index (χ0v) is 32.8. The summed E-state index contributed by atoms with van der Waals surface area (Å²) in [7, 11) is 0. The van der Waals surface area contributed by atoms with Crippen molar-refractivity contribution in [3.05, 3.63) is 213 Å². The Morgan fingerprint density at radius 2 is 0.585 bits per heavy atom. The number of hydrogen-bond donors (Lipinski definition) is 0. The maximum atomic E-state index is 2.63. The SMILES string of the molecule is CC1=C(C)N(c2c([C@H](C)c3ccccc3)cc(C)cc2[C@H](C)c2ccccc2)CN1c1c([C@H](C)c2ccccc2)cc(C)cc1[C@H](C)c1ccccc1. The van der Waals surface area contributed by atoms with Gasteiger partial charge in [-0.1, -0.05) is 184 Å². The van der Waals surface area contributed by atoms with Crippen LogP contribution in [0.15, 0.2) is 157 Å². The molecule has 2 heteroatoms. The number of anilines is 2. The molecule has 4 atom stereocenters. The van der Waals surface area contributed by atoms with Crippen molar-refractivity contribution in [1.82, 2.24) is 0 Å². The molecule has 0 fully saturated rings. The number of allylic oxidation sites excluding steroid dienone is 2. The molecule has 6 aromatic carbocycles. The van der Waals surface area contributed by atoms with Gasteiger partial charge in [-0.15, -0.1) is 0 Å². The molecule has 0 amide bonds. The summed E-state index contributed by atoms with van der Waals surface area (Å²) in [4.78, 5) is 5.26. The molecule has 6 aromatic rings. The van der Waals surface area contributed by atoms with Gasteiger partial charge in [0.15, 0.2) is 0 Å². The molecule has 268 valence electrons. The Hall–Kier alpha value is -5.34. The van der Waals surface area contributed by atoms with E-state index in [1.807, 2.05) is 0 Å². The summed E-state index contributed by atoms with van der Waals surface area (Å²) >= 11 is 0. The monoisotopic (exact) mass is 694 g/mol. The quantitative estimate of drug-likeness (QED) is 0.141. The maximum absolute atomic E-state index is 2.63. The van der Waals surface area contributed by atoms with Gasteiger partial charge in [-0.2, -0.15) is 0 Å². The summed E-state index contributed by atoms with van der Waals surface area (Å²) in [5.74, 6) is 0.877. The van der Waals surface area contributed by atoms with Gasteiger partial charge in [-0.3, -0.25) is 0 Å². The Morgan fingerprint density at radius 1 is 0.358 bits per heavy atom. The molecule has 0 aromatic heterocycles. The largest absolute Gasteiger partial charge is 0.325 e. The Balaban J connectivity index is 1.43. The summed E-state index contributed by atoms with van der Waals surface area (Å²) < 4.78 is 0. The second-order valence-corrected chi connectivity index (χ2v) is 15.3. The average molecular weight is 695 g/mol. The van der Waals surface area contributed by atoms with E-state index in [-0.39, 0.29) is 23.7 Å². The van der Waals surface area contributed by atoms with Crippen LogP contribution in [0.4, 0.5) is 11.4 Å². The van der Waals surface area contributed by atoms with E-state index < -0.39 is 0 Å². The van der Waals surface area contributed by atoms with Crippen LogP contribution in [0.5, 0.6) is 0 Å². The van der Waals surface area contributed by atoms with Gasteiger partial charge in [-0.05, 0) is 72.2 Å². The van der Waals surface area contributed by atoms with E-state index in [1.54, 1.807) is 0 Å². The van der Waals surface area contributed by atoms with Crippen molar-refractivity contribution >= 4 is 11.4 Å². The van der Waals surface area contributed by atoms with Crippen LogP contribution in [-0.2, 0) is 0 Å². The second kappa shape index (κ2) is 15.3. The third-order valence-electron chi connectivity index (χ3n) is 11.8. The van der Waals surface area contributed by atoms with Crippen molar-refractivity contribution < 1.29 is 0 Å². The Morgan fingerprint density at radius 3 is 0.811 bits per heavy atom. The van der Waals surface area contributed by atoms with Crippen molar-refractivity contribution in [2.45, 2.75) is 79.1 Å². The summed E-state index contributed by atoms with van der Waals surface area (Å²) in [6, 6.07) is 53.8. The zero-order chi connectivity index (χ0) is 37.2. The summed E-state index contributed by atoms with van der Waals surface area (Å²) in [6.45, 7) is 19.4. The molecule has 53 heavy (non-hydrogen) atoms. The van der Waals surface area contributed by atoms with Crippen LogP contribution in [0.2, 0.25) is 0 Å². The Bertz CT molecular complexity index is 1910. The van der Waals surface area contributed by atoms with Crippen LogP contribution in [0.1, 0.15) is 121 Å². The number of hydrogen-bond acceptors (Lipinski definition) is 2. The molecule has 7 rings (SSSR count). The number of rotatable bonds is 10. The first-order valence-electron chi connectivity index (χ1n) is 19.3. The van der Waals surface area contributed by atoms with Gasteiger partial charge < -0.3 is 9.80 Å². The van der Waals surface area contributed by atoms with E-state index in [1.165, 1.54) is 78.4 Å². The molecular weight excluding hydrogens is 641 g/mol. The van der Waals surface area contributed by atoms with Crippen molar-refractivity contribution in [2.75, 3.05) is 16.5 Å². The molecule has 0 spiro atoms. The molecule has 0 N–H and O–H groups in total. The molecule has 2 nitrogen and oxygen atoms in total. The minimum atomic E-state index is 0.219. The van der Waals surface area contributed by atoms with Crippen LogP contribution in [0, 0.1) is 13.8 Å². The van der Waals surface area contributed by atoms with Gasteiger partial charge in [0.1, 0.15) is 0 Å². The molecule has 0 unspecified atom stereocenters.